The van der Waals surface area contributed by atoms with Crippen LogP contribution in [0.2, 0.25) is 0 Å². The number of guanidine groups is 1. The lowest BCUT2D eigenvalue weighted by molar-refractivity contribution is 0.0975. The molecule has 1 heterocycles. The molecule has 7 heteroatoms. The minimum atomic E-state index is -0.313. The number of aliphatic imine (C=N–C) groups is 1. The van der Waals surface area contributed by atoms with Crippen molar-refractivity contribution in [1.82, 2.24) is 5.32 Å². The van der Waals surface area contributed by atoms with Crippen LogP contribution < -0.4 is 20.1 Å². The van der Waals surface area contributed by atoms with E-state index in [9.17, 15) is 4.79 Å². The molecule has 1 amide bonds. The van der Waals surface area contributed by atoms with Gasteiger partial charge in [-0.05, 0) is 37.1 Å². The summed E-state index contributed by atoms with van der Waals surface area (Å²) in [6.45, 7) is 1.24. The molecule has 1 fully saturated rings. The van der Waals surface area contributed by atoms with Gasteiger partial charge in [0.2, 0.25) is 5.96 Å². The van der Waals surface area contributed by atoms with E-state index >= 15 is 0 Å². The summed E-state index contributed by atoms with van der Waals surface area (Å²) in [7, 11) is 3.09. The summed E-state index contributed by atoms with van der Waals surface area (Å²) in [6.07, 6.45) is 2.10. The van der Waals surface area contributed by atoms with Crippen LogP contribution in [0, 0.1) is 0 Å². The number of para-hydroxylation sites is 1. The maximum Gasteiger partial charge on any atom is 0.258 e. The predicted octanol–water partition coefficient (Wildman–Crippen LogP) is 3.08. The van der Waals surface area contributed by atoms with Crippen LogP contribution in [0.25, 0.3) is 0 Å². The summed E-state index contributed by atoms with van der Waals surface area (Å²) in [5, 5.41) is 6.00. The third-order valence-electron chi connectivity index (χ3n) is 4.36. The monoisotopic (exact) mass is 383 g/mol. The van der Waals surface area contributed by atoms with Gasteiger partial charge >= 0.3 is 0 Å². The Bertz CT molecular complexity index is 795. The third-order valence-corrected chi connectivity index (χ3v) is 4.36. The minimum Gasteiger partial charge on any atom is -0.497 e. The molecule has 7 nitrogen and oxygen atoms in total. The maximum absolute atomic E-state index is 12.8. The average molecular weight is 383 g/mol. The Morgan fingerprint density at radius 2 is 1.86 bits per heavy atom. The molecule has 0 bridgehead atoms. The second-order valence-electron chi connectivity index (χ2n) is 6.37. The summed E-state index contributed by atoms with van der Waals surface area (Å²) < 4.78 is 16.1. The van der Waals surface area contributed by atoms with Crippen molar-refractivity contribution in [3.63, 3.8) is 0 Å². The summed E-state index contributed by atoms with van der Waals surface area (Å²) in [5.41, 5.74) is 1.24. The van der Waals surface area contributed by atoms with E-state index in [1.54, 1.807) is 32.4 Å². The second-order valence-corrected chi connectivity index (χ2v) is 6.37. The van der Waals surface area contributed by atoms with Crippen molar-refractivity contribution in [2.75, 3.05) is 32.7 Å². The van der Waals surface area contributed by atoms with Gasteiger partial charge in [0.1, 0.15) is 11.5 Å². The van der Waals surface area contributed by atoms with Crippen LogP contribution in [0.5, 0.6) is 11.5 Å². The first kappa shape index (κ1) is 19.7. The first-order valence-electron chi connectivity index (χ1n) is 9.20. The summed E-state index contributed by atoms with van der Waals surface area (Å²) in [6, 6.07) is 14.6. The lowest BCUT2D eigenvalue weighted by atomic mass is 10.2. The first-order chi connectivity index (χ1) is 13.7. The van der Waals surface area contributed by atoms with Crippen LogP contribution in [-0.4, -0.2) is 45.3 Å². The van der Waals surface area contributed by atoms with Crippen LogP contribution in [0.1, 0.15) is 23.2 Å². The molecule has 1 unspecified atom stereocenters. The zero-order valence-electron chi connectivity index (χ0n) is 16.1. The standard InChI is InChI=1S/C21H25N3O4/c1-26-18-11-15(12-19(13-18)27-2)20(25)24-21(22-14-17-9-6-10-28-17)23-16-7-4-3-5-8-16/h3-5,7-8,11-13,17H,6,9-10,14H2,1-2H3,(H2,22,23,24,25). The van der Waals surface area contributed by atoms with Gasteiger partial charge in [-0.2, -0.15) is 0 Å². The number of carbonyl (C=O) groups excluding carboxylic acids is 1. The third kappa shape index (κ3) is 5.47. The zero-order valence-corrected chi connectivity index (χ0v) is 16.1. The van der Waals surface area contributed by atoms with Crippen molar-refractivity contribution in [2.24, 2.45) is 4.99 Å². The number of hydrogen-bond donors (Lipinski definition) is 2. The second kappa shape index (κ2) is 9.75. The van der Waals surface area contributed by atoms with Crippen LogP contribution in [-0.2, 0) is 4.74 Å². The molecule has 1 saturated heterocycles. The summed E-state index contributed by atoms with van der Waals surface area (Å²) >= 11 is 0. The fourth-order valence-corrected chi connectivity index (χ4v) is 2.87. The SMILES string of the molecule is COc1cc(OC)cc(C(=O)NC(=NCC2CCCO2)Nc2ccccc2)c1. The molecule has 2 N–H and O–H groups in total. The molecular formula is C21H25N3O4. The number of rotatable bonds is 6. The van der Waals surface area contributed by atoms with Gasteiger partial charge in [0.05, 0.1) is 26.9 Å². The number of amides is 1. The van der Waals surface area contributed by atoms with Gasteiger partial charge in [-0.1, -0.05) is 18.2 Å². The fourth-order valence-electron chi connectivity index (χ4n) is 2.87. The van der Waals surface area contributed by atoms with E-state index in [4.69, 9.17) is 14.2 Å². The van der Waals surface area contributed by atoms with Gasteiger partial charge in [0.25, 0.3) is 5.91 Å². The van der Waals surface area contributed by atoms with Crippen molar-refractivity contribution >= 4 is 17.6 Å². The maximum atomic E-state index is 12.8. The Balaban J connectivity index is 1.77. The van der Waals surface area contributed by atoms with E-state index < -0.39 is 0 Å². The molecule has 0 aromatic heterocycles. The Hall–Kier alpha value is -3.06. The van der Waals surface area contributed by atoms with Crippen LogP contribution in [0.15, 0.2) is 53.5 Å². The molecule has 2 aromatic carbocycles. The van der Waals surface area contributed by atoms with Gasteiger partial charge in [-0.15, -0.1) is 0 Å². The number of nitrogens with zero attached hydrogens (tertiary/aromatic N) is 1. The van der Waals surface area contributed by atoms with Crippen LogP contribution in [0.4, 0.5) is 5.69 Å². The first-order valence-corrected chi connectivity index (χ1v) is 9.20. The van der Waals surface area contributed by atoms with Gasteiger partial charge in [-0.3, -0.25) is 10.1 Å². The van der Waals surface area contributed by atoms with E-state index in [2.05, 4.69) is 15.6 Å². The van der Waals surface area contributed by atoms with Crippen molar-refractivity contribution in [2.45, 2.75) is 18.9 Å². The van der Waals surface area contributed by atoms with Gasteiger partial charge in [-0.25, -0.2) is 4.99 Å². The Morgan fingerprint density at radius 3 is 2.46 bits per heavy atom. The highest BCUT2D eigenvalue weighted by molar-refractivity contribution is 6.10. The molecule has 1 aliphatic rings. The molecule has 0 spiro atoms. The molecule has 1 aliphatic heterocycles. The van der Waals surface area contributed by atoms with E-state index in [0.717, 1.165) is 25.1 Å². The highest BCUT2D eigenvalue weighted by atomic mass is 16.5. The van der Waals surface area contributed by atoms with Gasteiger partial charge < -0.3 is 19.5 Å². The van der Waals surface area contributed by atoms with E-state index in [0.29, 0.717) is 29.6 Å². The Kier molecular flexibility index (Phi) is 6.86. The fraction of sp³-hybridized carbons (Fsp3) is 0.333. The quantitative estimate of drug-likeness (QED) is 0.592. The smallest absolute Gasteiger partial charge is 0.258 e. The van der Waals surface area contributed by atoms with Gasteiger partial charge in [0.15, 0.2) is 0 Å². The lowest BCUT2D eigenvalue weighted by Crippen LogP contribution is -2.36. The van der Waals surface area contributed by atoms with Crippen LogP contribution >= 0.6 is 0 Å². The lowest BCUT2D eigenvalue weighted by Gasteiger charge is -2.14. The molecule has 148 valence electrons. The van der Waals surface area contributed by atoms with Crippen molar-refractivity contribution < 1.29 is 19.0 Å². The largest absolute Gasteiger partial charge is 0.497 e. The zero-order chi connectivity index (χ0) is 19.8. The highest BCUT2D eigenvalue weighted by Crippen LogP contribution is 2.22. The molecule has 0 aliphatic carbocycles. The molecular weight excluding hydrogens is 358 g/mol. The number of carbonyl (C=O) groups is 1. The van der Waals surface area contributed by atoms with Crippen molar-refractivity contribution in [1.29, 1.82) is 0 Å². The highest BCUT2D eigenvalue weighted by Gasteiger charge is 2.17. The topological polar surface area (TPSA) is 81.2 Å². The predicted molar refractivity (Wildman–Crippen MR) is 108 cm³/mol. The van der Waals surface area contributed by atoms with Crippen molar-refractivity contribution in [3.8, 4) is 11.5 Å². The molecule has 0 radical (unpaired) electrons. The molecule has 28 heavy (non-hydrogen) atoms. The number of nitrogens with one attached hydrogen (secondary N) is 2. The average Bonchev–Trinajstić information content (AvgIpc) is 3.26. The summed E-state index contributed by atoms with van der Waals surface area (Å²) in [4.78, 5) is 17.3. The van der Waals surface area contributed by atoms with Crippen LogP contribution in [0.3, 0.4) is 0 Å². The van der Waals surface area contributed by atoms with Gasteiger partial charge in [0, 0.05) is 23.9 Å². The van der Waals surface area contributed by atoms with E-state index in [1.807, 2.05) is 30.3 Å². The number of methoxy groups -OCH3 is 2. The minimum absolute atomic E-state index is 0.0846. The molecule has 0 saturated carbocycles. The molecule has 1 atom stereocenters. The Morgan fingerprint density at radius 1 is 1.14 bits per heavy atom. The number of anilines is 1. The number of hydrogen-bond acceptors (Lipinski definition) is 5. The number of benzene rings is 2. The normalized spacial score (nSPS) is 16.5. The Labute approximate surface area is 164 Å². The van der Waals surface area contributed by atoms with E-state index in [1.165, 1.54) is 0 Å². The van der Waals surface area contributed by atoms with E-state index in [-0.39, 0.29) is 12.0 Å². The molecule has 3 rings (SSSR count). The summed E-state index contributed by atoms with van der Waals surface area (Å²) in [5.74, 6) is 1.14. The van der Waals surface area contributed by atoms with Crippen molar-refractivity contribution in [3.05, 3.63) is 54.1 Å². The molecule has 2 aromatic rings. The number of ether oxygens (including phenoxy) is 3.